The molecule has 2 atom stereocenters. The molecule has 1 rings (SSSR count). The first kappa shape index (κ1) is 12.9. The van der Waals surface area contributed by atoms with Gasteiger partial charge in [0.2, 0.25) is 0 Å². The first-order chi connectivity index (χ1) is 7.52. The van der Waals surface area contributed by atoms with E-state index in [1.54, 1.807) is 19.1 Å². The Labute approximate surface area is 97.3 Å². The van der Waals surface area contributed by atoms with Crippen molar-refractivity contribution in [3.8, 4) is 0 Å². The van der Waals surface area contributed by atoms with E-state index in [4.69, 9.17) is 0 Å². The van der Waals surface area contributed by atoms with Crippen LogP contribution in [0.15, 0.2) is 30.3 Å². The summed E-state index contributed by atoms with van der Waals surface area (Å²) < 4.78 is 0. The topological polar surface area (TPSA) is 37.3 Å². The zero-order valence-electron chi connectivity index (χ0n) is 10.2. The Balaban J connectivity index is 2.67. The van der Waals surface area contributed by atoms with Crippen molar-refractivity contribution in [1.29, 1.82) is 0 Å². The molecule has 1 N–H and O–H groups in total. The van der Waals surface area contributed by atoms with Crippen LogP contribution >= 0.6 is 0 Å². The molecule has 1 aromatic carbocycles. The van der Waals surface area contributed by atoms with E-state index in [9.17, 15) is 9.90 Å². The third-order valence-corrected chi connectivity index (χ3v) is 2.76. The van der Waals surface area contributed by atoms with Crippen LogP contribution in [0.4, 0.5) is 0 Å². The lowest BCUT2D eigenvalue weighted by atomic mass is 9.90. The molecule has 2 nitrogen and oxygen atoms in total. The zero-order chi connectivity index (χ0) is 12.1. The quantitative estimate of drug-likeness (QED) is 0.775. The monoisotopic (exact) mass is 220 g/mol. The second-order valence-corrected chi connectivity index (χ2v) is 4.72. The van der Waals surface area contributed by atoms with Crippen molar-refractivity contribution >= 4 is 5.78 Å². The van der Waals surface area contributed by atoms with Gasteiger partial charge in [-0.15, -0.1) is 0 Å². The van der Waals surface area contributed by atoms with Gasteiger partial charge in [0.15, 0.2) is 5.78 Å². The molecule has 1 aromatic rings. The Morgan fingerprint density at radius 3 is 2.25 bits per heavy atom. The van der Waals surface area contributed by atoms with Crippen LogP contribution in [0.25, 0.3) is 0 Å². The van der Waals surface area contributed by atoms with Crippen molar-refractivity contribution in [2.75, 3.05) is 0 Å². The van der Waals surface area contributed by atoms with E-state index in [1.165, 1.54) is 0 Å². The number of aliphatic hydroxyl groups excluding tert-OH is 1. The predicted octanol–water partition coefficient (Wildman–Crippen LogP) is 2.91. The number of Topliss-reactive ketones (excluding diaryl/α,β-unsaturated/α-hetero) is 1. The number of hydrogen-bond acceptors (Lipinski definition) is 2. The smallest absolute Gasteiger partial charge is 0.168 e. The summed E-state index contributed by atoms with van der Waals surface area (Å²) in [7, 11) is 0. The van der Waals surface area contributed by atoms with Crippen molar-refractivity contribution in [2.24, 2.45) is 11.8 Å². The van der Waals surface area contributed by atoms with Gasteiger partial charge in [-0.1, -0.05) is 51.1 Å². The van der Waals surface area contributed by atoms with Crippen molar-refractivity contribution in [1.82, 2.24) is 0 Å². The Morgan fingerprint density at radius 2 is 1.75 bits per heavy atom. The van der Waals surface area contributed by atoms with Gasteiger partial charge in [-0.05, 0) is 12.3 Å². The largest absolute Gasteiger partial charge is 0.392 e. The Kier molecular flexibility index (Phi) is 4.69. The molecule has 16 heavy (non-hydrogen) atoms. The molecule has 0 aliphatic heterocycles. The van der Waals surface area contributed by atoms with Crippen LogP contribution in [-0.4, -0.2) is 17.0 Å². The van der Waals surface area contributed by atoms with Crippen LogP contribution in [-0.2, 0) is 0 Å². The SMILES string of the molecule is CC(C)C[C@@H](O)[C@@H](C)C(=O)c1ccccc1. The van der Waals surface area contributed by atoms with E-state index in [0.717, 1.165) is 0 Å². The van der Waals surface area contributed by atoms with E-state index in [0.29, 0.717) is 17.9 Å². The first-order valence-corrected chi connectivity index (χ1v) is 5.79. The van der Waals surface area contributed by atoms with Gasteiger partial charge in [0.05, 0.1) is 6.10 Å². The zero-order valence-corrected chi connectivity index (χ0v) is 10.2. The summed E-state index contributed by atoms with van der Waals surface area (Å²) in [6, 6.07) is 9.15. The molecule has 0 spiro atoms. The lowest BCUT2D eigenvalue weighted by molar-refractivity contribution is 0.0652. The third-order valence-electron chi connectivity index (χ3n) is 2.76. The van der Waals surface area contributed by atoms with Gasteiger partial charge in [-0.25, -0.2) is 0 Å². The average Bonchev–Trinajstić information content (AvgIpc) is 2.27. The molecule has 0 aliphatic carbocycles. The van der Waals surface area contributed by atoms with E-state index in [1.807, 2.05) is 32.0 Å². The first-order valence-electron chi connectivity index (χ1n) is 5.79. The van der Waals surface area contributed by atoms with Crippen molar-refractivity contribution in [3.63, 3.8) is 0 Å². The number of rotatable bonds is 5. The number of carbonyl (C=O) groups is 1. The van der Waals surface area contributed by atoms with Gasteiger partial charge in [0, 0.05) is 11.5 Å². The van der Waals surface area contributed by atoms with Crippen LogP contribution in [0.3, 0.4) is 0 Å². The fourth-order valence-electron chi connectivity index (χ4n) is 1.73. The van der Waals surface area contributed by atoms with Crippen molar-refractivity contribution < 1.29 is 9.90 Å². The summed E-state index contributed by atoms with van der Waals surface area (Å²) in [5.41, 5.74) is 0.679. The molecule has 0 heterocycles. The molecule has 0 unspecified atom stereocenters. The van der Waals surface area contributed by atoms with Crippen molar-refractivity contribution in [3.05, 3.63) is 35.9 Å². The van der Waals surface area contributed by atoms with Gasteiger partial charge in [0.25, 0.3) is 0 Å². The van der Waals surface area contributed by atoms with Crippen LogP contribution in [0, 0.1) is 11.8 Å². The Morgan fingerprint density at radius 1 is 1.19 bits per heavy atom. The Hall–Kier alpha value is -1.15. The fourth-order valence-corrected chi connectivity index (χ4v) is 1.73. The molecular weight excluding hydrogens is 200 g/mol. The highest BCUT2D eigenvalue weighted by atomic mass is 16.3. The van der Waals surface area contributed by atoms with Gasteiger partial charge in [0.1, 0.15) is 0 Å². The number of benzene rings is 1. The standard InChI is InChI=1S/C14H20O2/c1-10(2)9-13(15)11(3)14(16)12-7-5-4-6-8-12/h4-8,10-11,13,15H,9H2,1-3H3/t11-,13-/m1/s1. The highest BCUT2D eigenvalue weighted by Crippen LogP contribution is 2.17. The molecule has 0 aromatic heterocycles. The average molecular weight is 220 g/mol. The molecule has 0 saturated carbocycles. The van der Waals surface area contributed by atoms with E-state index in [-0.39, 0.29) is 11.7 Å². The van der Waals surface area contributed by atoms with Crippen LogP contribution in [0.5, 0.6) is 0 Å². The molecule has 0 bridgehead atoms. The molecule has 0 saturated heterocycles. The van der Waals surface area contributed by atoms with E-state index < -0.39 is 6.10 Å². The maximum atomic E-state index is 12.0. The number of aliphatic hydroxyl groups is 1. The second kappa shape index (κ2) is 5.80. The normalized spacial score (nSPS) is 14.8. The molecule has 0 radical (unpaired) electrons. The molecular formula is C14H20O2. The summed E-state index contributed by atoms with van der Waals surface area (Å²) in [6.45, 7) is 5.88. The minimum atomic E-state index is -0.548. The predicted molar refractivity (Wildman–Crippen MR) is 65.4 cm³/mol. The molecule has 2 heteroatoms. The summed E-state index contributed by atoms with van der Waals surface area (Å²) >= 11 is 0. The van der Waals surface area contributed by atoms with E-state index in [2.05, 4.69) is 0 Å². The van der Waals surface area contributed by atoms with Crippen LogP contribution in [0.2, 0.25) is 0 Å². The van der Waals surface area contributed by atoms with Gasteiger partial charge in [-0.3, -0.25) is 4.79 Å². The van der Waals surface area contributed by atoms with E-state index >= 15 is 0 Å². The van der Waals surface area contributed by atoms with Gasteiger partial charge < -0.3 is 5.11 Å². The van der Waals surface area contributed by atoms with Crippen molar-refractivity contribution in [2.45, 2.75) is 33.3 Å². The van der Waals surface area contributed by atoms with Gasteiger partial charge in [-0.2, -0.15) is 0 Å². The molecule has 0 aliphatic rings. The summed E-state index contributed by atoms with van der Waals surface area (Å²) in [6.07, 6.45) is 0.118. The molecule has 88 valence electrons. The van der Waals surface area contributed by atoms with Crippen LogP contribution < -0.4 is 0 Å². The number of hydrogen-bond donors (Lipinski definition) is 1. The molecule has 0 fully saturated rings. The maximum absolute atomic E-state index is 12.0. The minimum Gasteiger partial charge on any atom is -0.392 e. The second-order valence-electron chi connectivity index (χ2n) is 4.72. The summed E-state index contributed by atoms with van der Waals surface area (Å²) in [5.74, 6) is 0.0968. The third kappa shape index (κ3) is 3.46. The highest BCUT2D eigenvalue weighted by Gasteiger charge is 2.23. The lowest BCUT2D eigenvalue weighted by Crippen LogP contribution is -2.27. The highest BCUT2D eigenvalue weighted by molar-refractivity contribution is 5.97. The minimum absolute atomic E-state index is 0.0220. The van der Waals surface area contributed by atoms with Gasteiger partial charge >= 0.3 is 0 Å². The lowest BCUT2D eigenvalue weighted by Gasteiger charge is -2.19. The number of carbonyl (C=O) groups excluding carboxylic acids is 1. The Bertz CT molecular complexity index is 330. The fraction of sp³-hybridized carbons (Fsp3) is 0.500. The summed E-state index contributed by atoms with van der Waals surface area (Å²) in [5, 5.41) is 9.90. The maximum Gasteiger partial charge on any atom is 0.168 e. The number of ketones is 1. The summed E-state index contributed by atoms with van der Waals surface area (Å²) in [4.78, 5) is 12.0. The van der Waals surface area contributed by atoms with Crippen LogP contribution in [0.1, 0.15) is 37.6 Å². The molecule has 0 amide bonds.